The van der Waals surface area contributed by atoms with Gasteiger partial charge in [0.2, 0.25) is 0 Å². The number of hydrogen-bond acceptors (Lipinski definition) is 5. The van der Waals surface area contributed by atoms with Gasteiger partial charge in [-0.2, -0.15) is 18.3 Å². The minimum atomic E-state index is -4.63. The van der Waals surface area contributed by atoms with Gasteiger partial charge in [0, 0.05) is 25.2 Å². The first-order valence-electron chi connectivity index (χ1n) is 11.4. The minimum Gasteiger partial charge on any atom is -0.480 e. The number of halogens is 6. The molecule has 1 unspecified atom stereocenters. The van der Waals surface area contributed by atoms with Gasteiger partial charge < -0.3 is 5.11 Å². The van der Waals surface area contributed by atoms with E-state index < -0.39 is 39.2 Å². The smallest absolute Gasteiger partial charge is 0.418 e. The maximum atomic E-state index is 14.0. The Labute approximate surface area is 250 Å². The van der Waals surface area contributed by atoms with E-state index in [0.29, 0.717) is 20.7 Å². The van der Waals surface area contributed by atoms with E-state index in [0.717, 1.165) is 10.4 Å². The standard InChI is InChI=1S/C25H20Cl2F3IN4O4S/c1-24(2,3)22(23(36)37)35(40(38,39)17-8-14(26)7-15(27)9-17)16-4-5-20-18(10-16)19(31)12-34(20)21-6-13(11-32-33-21)25(28,29)30/h4-12,22H,1-3H3,(H,36,37). The first-order chi connectivity index (χ1) is 18.4. The molecule has 0 aliphatic heterocycles. The summed E-state index contributed by atoms with van der Waals surface area (Å²) < 4.78 is 70.6. The van der Waals surface area contributed by atoms with Crippen LogP contribution in [0.2, 0.25) is 10.0 Å². The third kappa shape index (κ3) is 5.87. The van der Waals surface area contributed by atoms with Crippen molar-refractivity contribution in [2.45, 2.75) is 37.9 Å². The Bertz CT molecular complexity index is 1720. The number of rotatable bonds is 6. The summed E-state index contributed by atoms with van der Waals surface area (Å²) in [5.41, 5.74) is -1.66. The van der Waals surface area contributed by atoms with Gasteiger partial charge in [0.25, 0.3) is 10.0 Å². The number of hydrogen-bond donors (Lipinski definition) is 1. The van der Waals surface area contributed by atoms with Crippen molar-refractivity contribution in [3.05, 3.63) is 74.0 Å². The number of carboxylic acid groups (broad SMARTS) is 1. The van der Waals surface area contributed by atoms with Crippen molar-refractivity contribution in [1.29, 1.82) is 0 Å². The van der Waals surface area contributed by atoms with Gasteiger partial charge >= 0.3 is 12.1 Å². The summed E-state index contributed by atoms with van der Waals surface area (Å²) in [6.45, 7) is 4.76. The van der Waals surface area contributed by atoms with Gasteiger partial charge in [-0.1, -0.05) is 44.0 Å². The largest absolute Gasteiger partial charge is 0.480 e. The van der Waals surface area contributed by atoms with Crippen molar-refractivity contribution in [2.24, 2.45) is 5.41 Å². The number of aliphatic carboxylic acids is 1. The van der Waals surface area contributed by atoms with Crippen LogP contribution < -0.4 is 4.31 Å². The molecule has 4 aromatic rings. The van der Waals surface area contributed by atoms with Crippen molar-refractivity contribution in [3.8, 4) is 5.82 Å². The molecule has 1 N–H and O–H groups in total. The molecule has 0 saturated carbocycles. The van der Waals surface area contributed by atoms with E-state index in [1.165, 1.54) is 47.2 Å². The van der Waals surface area contributed by atoms with Crippen LogP contribution in [0.25, 0.3) is 16.7 Å². The number of benzene rings is 2. The van der Waals surface area contributed by atoms with Crippen LogP contribution in [-0.2, 0) is 21.0 Å². The summed E-state index contributed by atoms with van der Waals surface area (Å²) in [5, 5.41) is 18.0. The Morgan fingerprint density at radius 2 is 1.70 bits per heavy atom. The van der Waals surface area contributed by atoms with Crippen molar-refractivity contribution in [3.63, 3.8) is 0 Å². The molecule has 15 heteroatoms. The lowest BCUT2D eigenvalue weighted by molar-refractivity contribution is -0.141. The summed E-state index contributed by atoms with van der Waals surface area (Å²) in [7, 11) is -4.55. The number of nitrogens with zero attached hydrogens (tertiary/aromatic N) is 4. The highest BCUT2D eigenvalue weighted by Crippen LogP contribution is 2.38. The van der Waals surface area contributed by atoms with E-state index in [-0.39, 0.29) is 26.4 Å². The molecule has 40 heavy (non-hydrogen) atoms. The second kappa shape index (κ2) is 10.7. The van der Waals surface area contributed by atoms with Gasteiger partial charge in [-0.3, -0.25) is 8.87 Å². The van der Waals surface area contributed by atoms with Crippen LogP contribution in [0, 0.1) is 8.99 Å². The second-order valence-electron chi connectivity index (χ2n) is 9.86. The lowest BCUT2D eigenvalue weighted by Crippen LogP contribution is -2.52. The predicted molar refractivity (Wildman–Crippen MR) is 154 cm³/mol. The zero-order valence-corrected chi connectivity index (χ0v) is 25.4. The van der Waals surface area contributed by atoms with Crippen molar-refractivity contribution in [2.75, 3.05) is 4.31 Å². The first-order valence-corrected chi connectivity index (χ1v) is 14.6. The quantitative estimate of drug-likeness (QED) is 0.214. The molecule has 2 heterocycles. The summed E-state index contributed by atoms with van der Waals surface area (Å²) in [5.74, 6) is -1.50. The number of anilines is 1. The predicted octanol–water partition coefficient (Wildman–Crippen LogP) is 7.05. The SMILES string of the molecule is CC(C)(C)C(C(=O)O)N(c1ccc2c(c1)c(I)cn2-c1cc(C(F)(F)F)cnn1)S(=O)(=O)c1cc(Cl)cc(Cl)c1. The molecule has 0 radical (unpaired) electrons. The summed E-state index contributed by atoms with van der Waals surface area (Å²) >= 11 is 14.1. The Kier molecular flexibility index (Phi) is 8.08. The Hall–Kier alpha value is -2.62. The van der Waals surface area contributed by atoms with Crippen LogP contribution in [0.5, 0.6) is 0 Å². The van der Waals surface area contributed by atoms with Gasteiger partial charge in [-0.15, -0.1) is 5.10 Å². The minimum absolute atomic E-state index is 0.0108. The van der Waals surface area contributed by atoms with Crippen molar-refractivity contribution in [1.82, 2.24) is 14.8 Å². The van der Waals surface area contributed by atoms with Crippen LogP contribution >= 0.6 is 45.8 Å². The van der Waals surface area contributed by atoms with Crippen LogP contribution in [0.15, 0.2) is 59.8 Å². The molecular weight excluding hydrogens is 707 g/mol. The first kappa shape index (κ1) is 30.3. The molecule has 0 aliphatic rings. The third-order valence-electron chi connectivity index (χ3n) is 5.89. The van der Waals surface area contributed by atoms with Crippen molar-refractivity contribution < 1.29 is 31.5 Å². The summed E-state index contributed by atoms with van der Waals surface area (Å²) in [6.07, 6.45) is -2.50. The third-order valence-corrected chi connectivity index (χ3v) is 8.96. The van der Waals surface area contributed by atoms with E-state index in [1.807, 2.05) is 22.6 Å². The fourth-order valence-corrected chi connectivity index (χ4v) is 7.39. The molecule has 1 atom stereocenters. The van der Waals surface area contributed by atoms with Gasteiger partial charge in [0.1, 0.15) is 6.04 Å². The summed E-state index contributed by atoms with van der Waals surface area (Å²) in [6, 6.07) is 7.27. The fraction of sp³-hybridized carbons (Fsp3) is 0.240. The van der Waals surface area contributed by atoms with Crippen LogP contribution in [0.4, 0.5) is 18.9 Å². The maximum Gasteiger partial charge on any atom is 0.418 e. The molecular formula is C25H20Cl2F3IN4O4S. The van der Waals surface area contributed by atoms with E-state index in [2.05, 4.69) is 10.2 Å². The molecule has 2 aromatic heterocycles. The second-order valence-corrected chi connectivity index (χ2v) is 13.7. The van der Waals surface area contributed by atoms with E-state index in [4.69, 9.17) is 23.2 Å². The van der Waals surface area contributed by atoms with Crippen molar-refractivity contribution >= 4 is 78.4 Å². The average molecular weight is 727 g/mol. The van der Waals surface area contributed by atoms with Crippen LogP contribution in [-0.4, -0.2) is 40.3 Å². The number of carboxylic acids is 1. The van der Waals surface area contributed by atoms with Crippen LogP contribution in [0.3, 0.4) is 0 Å². The number of carbonyl (C=O) groups is 1. The molecule has 2 aromatic carbocycles. The monoisotopic (exact) mass is 726 g/mol. The van der Waals surface area contributed by atoms with Gasteiger partial charge in [0.05, 0.1) is 27.9 Å². The molecule has 0 aliphatic carbocycles. The lowest BCUT2D eigenvalue weighted by Gasteiger charge is -2.37. The lowest BCUT2D eigenvalue weighted by atomic mass is 9.86. The molecule has 0 saturated heterocycles. The zero-order chi connectivity index (χ0) is 29.8. The number of fused-ring (bicyclic) bond motifs is 1. The molecule has 0 fully saturated rings. The Morgan fingerprint density at radius 1 is 1.07 bits per heavy atom. The number of aromatic nitrogens is 3. The molecule has 0 bridgehead atoms. The molecule has 0 amide bonds. The normalized spacial score (nSPS) is 13.4. The fourth-order valence-electron chi connectivity index (χ4n) is 4.17. The molecule has 8 nitrogen and oxygen atoms in total. The zero-order valence-electron chi connectivity index (χ0n) is 20.9. The molecule has 4 rings (SSSR count). The molecule has 0 spiro atoms. The van der Waals surface area contributed by atoms with E-state index in [9.17, 15) is 31.5 Å². The number of alkyl halides is 3. The van der Waals surface area contributed by atoms with E-state index in [1.54, 1.807) is 20.8 Å². The highest BCUT2D eigenvalue weighted by atomic mass is 127. The average Bonchev–Trinajstić information content (AvgIpc) is 3.16. The van der Waals surface area contributed by atoms with E-state index >= 15 is 0 Å². The van der Waals surface area contributed by atoms with Crippen LogP contribution in [0.1, 0.15) is 26.3 Å². The van der Waals surface area contributed by atoms with Gasteiger partial charge in [-0.05, 0) is 70.5 Å². The van der Waals surface area contributed by atoms with Gasteiger partial charge in [0.15, 0.2) is 5.82 Å². The molecule has 212 valence electrons. The number of sulfonamides is 1. The van der Waals surface area contributed by atoms with Gasteiger partial charge in [-0.25, -0.2) is 13.2 Å². The topological polar surface area (TPSA) is 105 Å². The highest BCUT2D eigenvalue weighted by Gasteiger charge is 2.44. The highest BCUT2D eigenvalue weighted by molar-refractivity contribution is 14.1. The Balaban J connectivity index is 1.96. The summed E-state index contributed by atoms with van der Waals surface area (Å²) in [4.78, 5) is 12.2. The Morgan fingerprint density at radius 3 is 2.25 bits per heavy atom. The maximum absolute atomic E-state index is 14.0.